The van der Waals surface area contributed by atoms with Gasteiger partial charge in [0, 0.05) is 26.7 Å². The number of likely N-dealkylation sites (tertiary alicyclic amines) is 1. The Morgan fingerprint density at radius 3 is 2.85 bits per heavy atom. The highest BCUT2D eigenvalue weighted by Crippen LogP contribution is 2.28. The van der Waals surface area contributed by atoms with Crippen molar-refractivity contribution in [1.29, 1.82) is 0 Å². The molecule has 0 bridgehead atoms. The summed E-state index contributed by atoms with van der Waals surface area (Å²) in [4.78, 5) is 6.73. The molecule has 1 saturated heterocycles. The number of hydrogen-bond donors (Lipinski definition) is 1. The highest BCUT2D eigenvalue weighted by molar-refractivity contribution is 5.80. The molecule has 0 amide bonds. The molecule has 0 atom stereocenters. The third-order valence-corrected chi connectivity index (χ3v) is 3.77. The summed E-state index contributed by atoms with van der Waals surface area (Å²) in [6, 6.07) is 8.11. The van der Waals surface area contributed by atoms with Crippen molar-refractivity contribution in [3.05, 3.63) is 29.8 Å². The summed E-state index contributed by atoms with van der Waals surface area (Å²) in [7, 11) is 3.54. The van der Waals surface area contributed by atoms with Crippen LogP contribution >= 0.6 is 0 Å². The maximum absolute atomic E-state index is 5.25. The molecule has 0 saturated carbocycles. The Labute approximate surface area is 121 Å². The van der Waals surface area contributed by atoms with E-state index in [0.717, 1.165) is 31.3 Å². The lowest BCUT2D eigenvalue weighted by molar-refractivity contribution is 0.370. The number of guanidine groups is 1. The standard InChI is InChI=1S/C16H25N3O/c1-16(2)8-9-19(12-16)15(17-3)18-11-13-6-5-7-14(10-13)20-4/h5-7,10H,8-9,11-12H2,1-4H3,(H,17,18). The van der Waals surface area contributed by atoms with Gasteiger partial charge in [0.15, 0.2) is 5.96 Å². The van der Waals surface area contributed by atoms with E-state index in [9.17, 15) is 0 Å². The smallest absolute Gasteiger partial charge is 0.193 e. The van der Waals surface area contributed by atoms with E-state index in [0.29, 0.717) is 5.41 Å². The predicted molar refractivity (Wildman–Crippen MR) is 83.2 cm³/mol. The zero-order valence-corrected chi connectivity index (χ0v) is 12.9. The van der Waals surface area contributed by atoms with E-state index in [1.807, 2.05) is 25.2 Å². The van der Waals surface area contributed by atoms with Crippen molar-refractivity contribution >= 4 is 5.96 Å². The summed E-state index contributed by atoms with van der Waals surface area (Å²) in [5.41, 5.74) is 1.58. The van der Waals surface area contributed by atoms with Crippen LogP contribution in [0, 0.1) is 5.41 Å². The maximum atomic E-state index is 5.25. The quantitative estimate of drug-likeness (QED) is 0.680. The van der Waals surface area contributed by atoms with Gasteiger partial charge in [-0.05, 0) is 29.5 Å². The monoisotopic (exact) mass is 275 g/mol. The molecular formula is C16H25N3O. The summed E-state index contributed by atoms with van der Waals surface area (Å²) < 4.78 is 5.25. The molecule has 1 heterocycles. The van der Waals surface area contributed by atoms with Gasteiger partial charge in [0.2, 0.25) is 0 Å². The van der Waals surface area contributed by atoms with E-state index in [1.165, 1.54) is 12.0 Å². The van der Waals surface area contributed by atoms with Gasteiger partial charge in [0.05, 0.1) is 7.11 Å². The zero-order chi connectivity index (χ0) is 14.6. The summed E-state index contributed by atoms with van der Waals surface area (Å²) in [6.07, 6.45) is 1.22. The van der Waals surface area contributed by atoms with Gasteiger partial charge in [0.1, 0.15) is 5.75 Å². The molecule has 0 aromatic heterocycles. The van der Waals surface area contributed by atoms with Gasteiger partial charge < -0.3 is 15.0 Å². The second kappa shape index (κ2) is 6.16. The number of aliphatic imine (C=N–C) groups is 1. The molecule has 0 spiro atoms. The number of nitrogens with zero attached hydrogens (tertiary/aromatic N) is 2. The Morgan fingerprint density at radius 2 is 2.25 bits per heavy atom. The van der Waals surface area contributed by atoms with Crippen LogP contribution in [0.2, 0.25) is 0 Å². The van der Waals surface area contributed by atoms with E-state index >= 15 is 0 Å². The fourth-order valence-corrected chi connectivity index (χ4v) is 2.59. The van der Waals surface area contributed by atoms with Gasteiger partial charge in [0.25, 0.3) is 0 Å². The topological polar surface area (TPSA) is 36.9 Å². The summed E-state index contributed by atoms with van der Waals surface area (Å²) in [5, 5.41) is 3.44. The normalized spacial score (nSPS) is 18.2. The van der Waals surface area contributed by atoms with E-state index in [2.05, 4.69) is 35.1 Å². The Balaban J connectivity index is 1.94. The average Bonchev–Trinajstić information content (AvgIpc) is 2.80. The number of hydrogen-bond acceptors (Lipinski definition) is 2. The molecule has 1 aromatic carbocycles. The second-order valence-corrected chi connectivity index (χ2v) is 6.09. The van der Waals surface area contributed by atoms with Crippen LogP contribution in [0.1, 0.15) is 25.8 Å². The Kier molecular flexibility index (Phi) is 4.53. The molecule has 2 rings (SSSR count). The predicted octanol–water partition coefficient (Wildman–Crippen LogP) is 2.50. The number of rotatable bonds is 3. The minimum atomic E-state index is 0.383. The van der Waals surface area contributed by atoms with Crippen molar-refractivity contribution in [2.45, 2.75) is 26.8 Å². The average molecular weight is 275 g/mol. The summed E-state index contributed by atoms with van der Waals surface area (Å²) >= 11 is 0. The number of nitrogens with one attached hydrogen (secondary N) is 1. The SMILES string of the molecule is CN=C(NCc1cccc(OC)c1)N1CCC(C)(C)C1. The van der Waals surface area contributed by atoms with Crippen LogP contribution in [0.3, 0.4) is 0 Å². The first-order chi connectivity index (χ1) is 9.54. The van der Waals surface area contributed by atoms with Crippen molar-refractivity contribution in [2.24, 2.45) is 10.4 Å². The fourth-order valence-electron chi connectivity index (χ4n) is 2.59. The molecule has 0 radical (unpaired) electrons. The largest absolute Gasteiger partial charge is 0.497 e. The van der Waals surface area contributed by atoms with Crippen molar-refractivity contribution < 1.29 is 4.74 Å². The van der Waals surface area contributed by atoms with Gasteiger partial charge in [-0.25, -0.2) is 0 Å². The van der Waals surface area contributed by atoms with Crippen LogP contribution < -0.4 is 10.1 Å². The number of benzene rings is 1. The zero-order valence-electron chi connectivity index (χ0n) is 12.9. The molecule has 20 heavy (non-hydrogen) atoms. The molecule has 4 heteroatoms. The molecule has 1 aliphatic heterocycles. The van der Waals surface area contributed by atoms with Crippen LogP contribution in [0.15, 0.2) is 29.3 Å². The van der Waals surface area contributed by atoms with Crippen LogP contribution in [0.25, 0.3) is 0 Å². The first-order valence-electron chi connectivity index (χ1n) is 7.12. The van der Waals surface area contributed by atoms with Crippen LogP contribution in [0.5, 0.6) is 5.75 Å². The second-order valence-electron chi connectivity index (χ2n) is 6.09. The van der Waals surface area contributed by atoms with Gasteiger partial charge >= 0.3 is 0 Å². The summed E-state index contributed by atoms with van der Waals surface area (Å²) in [6.45, 7) is 7.51. The summed E-state index contributed by atoms with van der Waals surface area (Å²) in [5.74, 6) is 1.87. The minimum absolute atomic E-state index is 0.383. The molecule has 1 aromatic rings. The van der Waals surface area contributed by atoms with Crippen LogP contribution in [-0.2, 0) is 6.54 Å². The van der Waals surface area contributed by atoms with Gasteiger partial charge in [-0.3, -0.25) is 4.99 Å². The minimum Gasteiger partial charge on any atom is -0.497 e. The molecule has 0 aliphatic carbocycles. The number of methoxy groups -OCH3 is 1. The van der Waals surface area contributed by atoms with E-state index in [4.69, 9.17) is 4.74 Å². The lowest BCUT2D eigenvalue weighted by Crippen LogP contribution is -2.40. The Hall–Kier alpha value is -1.71. The Bertz CT molecular complexity index is 482. The van der Waals surface area contributed by atoms with Crippen molar-refractivity contribution in [3.63, 3.8) is 0 Å². The first-order valence-corrected chi connectivity index (χ1v) is 7.12. The number of ether oxygens (including phenoxy) is 1. The third-order valence-electron chi connectivity index (χ3n) is 3.77. The first kappa shape index (κ1) is 14.7. The van der Waals surface area contributed by atoms with Crippen LogP contribution in [-0.4, -0.2) is 38.1 Å². The molecular weight excluding hydrogens is 250 g/mol. The van der Waals surface area contributed by atoms with E-state index in [-0.39, 0.29) is 0 Å². The van der Waals surface area contributed by atoms with Gasteiger partial charge in [-0.15, -0.1) is 0 Å². The van der Waals surface area contributed by atoms with E-state index < -0.39 is 0 Å². The van der Waals surface area contributed by atoms with E-state index in [1.54, 1.807) is 7.11 Å². The van der Waals surface area contributed by atoms with Gasteiger partial charge in [-0.2, -0.15) is 0 Å². The highest BCUT2D eigenvalue weighted by Gasteiger charge is 2.30. The van der Waals surface area contributed by atoms with Crippen LogP contribution in [0.4, 0.5) is 0 Å². The maximum Gasteiger partial charge on any atom is 0.193 e. The Morgan fingerprint density at radius 1 is 1.45 bits per heavy atom. The van der Waals surface area contributed by atoms with Crippen molar-refractivity contribution in [2.75, 3.05) is 27.2 Å². The molecule has 1 aliphatic rings. The molecule has 0 unspecified atom stereocenters. The highest BCUT2D eigenvalue weighted by atomic mass is 16.5. The molecule has 110 valence electrons. The van der Waals surface area contributed by atoms with Crippen molar-refractivity contribution in [3.8, 4) is 5.75 Å². The third kappa shape index (κ3) is 3.65. The lowest BCUT2D eigenvalue weighted by atomic mass is 9.93. The molecule has 1 N–H and O–H groups in total. The lowest BCUT2D eigenvalue weighted by Gasteiger charge is -2.23. The van der Waals surface area contributed by atoms with Gasteiger partial charge in [-0.1, -0.05) is 26.0 Å². The molecule has 1 fully saturated rings. The van der Waals surface area contributed by atoms with Crippen molar-refractivity contribution in [1.82, 2.24) is 10.2 Å². The molecule has 4 nitrogen and oxygen atoms in total. The fraction of sp³-hybridized carbons (Fsp3) is 0.562.